The first-order valence-electron chi connectivity index (χ1n) is 51.4. The van der Waals surface area contributed by atoms with Crippen molar-refractivity contribution in [2.45, 2.75) is 329 Å². The number of unbranched alkanes of at least 4 members (excludes halogenated alkanes) is 1. The van der Waals surface area contributed by atoms with Crippen LogP contribution in [0.25, 0.3) is 0 Å². The van der Waals surface area contributed by atoms with Crippen molar-refractivity contribution in [1.82, 2.24) is 47.0 Å². The van der Waals surface area contributed by atoms with Crippen LogP contribution >= 0.6 is 0 Å². The Morgan fingerprint density at radius 1 is 0.415 bits per heavy atom. The zero-order chi connectivity index (χ0) is 110. The molecule has 2 aliphatic carbocycles. The third kappa shape index (κ3) is 43.3. The van der Waals surface area contributed by atoms with Crippen LogP contribution in [0.2, 0.25) is 0 Å². The van der Waals surface area contributed by atoms with Crippen LogP contribution in [0.15, 0.2) is 253 Å². The van der Waals surface area contributed by atoms with Crippen LogP contribution in [0.4, 0.5) is 0 Å². The molecule has 1 saturated heterocycles. The molecule has 0 spiro atoms. The molecule has 1 aliphatic heterocycles. The van der Waals surface area contributed by atoms with Gasteiger partial charge in [-0.15, -0.1) is 0 Å². The lowest BCUT2D eigenvalue weighted by Gasteiger charge is -2.30. The quantitative estimate of drug-likeness (QED) is 0.0226. The Balaban J connectivity index is 0.000000296. The van der Waals surface area contributed by atoms with E-state index in [9.17, 15) is 73.3 Å². The average Bonchev–Trinajstić information content (AvgIpc) is 1.47. The zero-order valence-electron chi connectivity index (χ0n) is 91.4. The molecule has 814 valence electrons. The van der Waals surface area contributed by atoms with Gasteiger partial charge in [-0.05, 0) is 273 Å². The van der Waals surface area contributed by atoms with Gasteiger partial charge in [0.05, 0.1) is 40.8 Å². The molecule has 1 aromatic heterocycles. The van der Waals surface area contributed by atoms with Gasteiger partial charge in [0.25, 0.3) is 5.91 Å². The lowest BCUT2D eigenvalue weighted by molar-refractivity contribution is -0.121. The number of aromatic nitrogens is 1. The fourth-order valence-corrected chi connectivity index (χ4v) is 24.4. The van der Waals surface area contributed by atoms with Gasteiger partial charge in [-0.1, -0.05) is 253 Å². The predicted molar refractivity (Wildman–Crippen MR) is 596 cm³/mol. The second-order valence-electron chi connectivity index (χ2n) is 40.9. The summed E-state index contributed by atoms with van der Waals surface area (Å²) in [5.74, 6) is 3.65. The van der Waals surface area contributed by atoms with Crippen molar-refractivity contribution in [3.8, 4) is 0 Å². The van der Waals surface area contributed by atoms with Crippen molar-refractivity contribution < 1.29 is 73.3 Å². The Morgan fingerprint density at radius 2 is 0.776 bits per heavy atom. The third-order valence-corrected chi connectivity index (χ3v) is 37.1. The van der Waals surface area contributed by atoms with Gasteiger partial charge in [-0.3, -0.25) is 19.4 Å². The van der Waals surface area contributed by atoms with Gasteiger partial charge in [-0.2, -0.15) is 12.9 Å². The second kappa shape index (κ2) is 60.8. The Kier molecular flexibility index (Phi) is 53.1. The van der Waals surface area contributed by atoms with E-state index in [0.29, 0.717) is 135 Å². The van der Waals surface area contributed by atoms with Crippen LogP contribution in [0.1, 0.15) is 337 Å². The van der Waals surface area contributed by atoms with Crippen LogP contribution in [0.3, 0.4) is 0 Å². The number of piperidine rings is 1. The minimum atomic E-state index is -3.52. The molecule has 147 heavy (non-hydrogen) atoms. The van der Waals surface area contributed by atoms with Gasteiger partial charge in [0.1, 0.15) is 5.78 Å². The topological polar surface area (TPSA) is 376 Å². The first-order valence-corrected chi connectivity index (χ1v) is 61.6. The molecule has 2 amide bonds. The summed E-state index contributed by atoms with van der Waals surface area (Å²) in [6, 6.07) is 63.2. The molecule has 5 N–H and O–H groups in total. The van der Waals surface area contributed by atoms with E-state index in [4.69, 9.17) is 0 Å². The minimum absolute atomic E-state index is 0.00590. The summed E-state index contributed by atoms with van der Waals surface area (Å²) in [4.78, 5) is 39.7. The van der Waals surface area contributed by atoms with Crippen LogP contribution < -0.4 is 24.8 Å². The number of nitrogens with one attached hydrogen (secondary N) is 5. The molecule has 3 fully saturated rings. The first kappa shape index (κ1) is 128. The first-order chi connectivity index (χ1) is 68.8. The summed E-state index contributed by atoms with van der Waals surface area (Å²) in [6.45, 7) is 47.5. The molecule has 0 radical (unpaired) electrons. The number of amides is 2. The number of pyridine rings is 1. The molecular formula is C113H168N10O17S7. The molecule has 2 heterocycles. The number of ketones is 1. The van der Waals surface area contributed by atoms with Gasteiger partial charge in [0, 0.05) is 116 Å². The molecule has 0 bridgehead atoms. The lowest BCUT2D eigenvalue weighted by atomic mass is 9.96. The number of rotatable bonds is 37. The molecule has 34 heteroatoms. The summed E-state index contributed by atoms with van der Waals surface area (Å²) in [5, 5.41) is 5.12. The number of benzene rings is 8. The van der Waals surface area contributed by atoms with Crippen molar-refractivity contribution in [2.75, 3.05) is 73.5 Å². The van der Waals surface area contributed by atoms with Crippen LogP contribution in [0.5, 0.6) is 0 Å². The number of Topliss-reactive ketones (excluding diaryl/α,β-unsaturated/α-hetero) is 1. The highest BCUT2D eigenvalue weighted by Crippen LogP contribution is 2.34. The van der Waals surface area contributed by atoms with Crippen LogP contribution in [-0.2, 0) is 86.2 Å². The molecule has 2 saturated carbocycles. The molecule has 3 aliphatic rings. The highest BCUT2D eigenvalue weighted by molar-refractivity contribution is 7.91. The molecular weight excluding hydrogens is 1990 g/mol. The SMILES string of the molecule is CC(=O)NCCNS(=O)(=O)c1ccc(C(C)C)cc1.CC(C)c1ccc(S(=O)(=O)N(C)C2CCCCC2)cc1.CC(C)c1ccc(S(=O)(=O)N2CCCC(=O)C2)cc1.CC(C)c1ccc(S(=O)(=O)NC(C)(C)C)cc1.CC(C)c1ccc(S(=O)(=O)NCCc2ccccn2)cc1.CCCCN(C)S(=O)(=O)c1ccc(C(C)C)cc1.CCCN(CC1CC1)S(=O)(=O)c1ccc(C(C)C)cc1.CNC(=O)c1ccc(C(C)C)cc1. The maximum Gasteiger partial charge on any atom is 0.251 e. The number of carbonyl (C=O) groups is 3. The van der Waals surface area contributed by atoms with Gasteiger partial charge in [0.2, 0.25) is 76.1 Å². The van der Waals surface area contributed by atoms with E-state index in [1.54, 1.807) is 121 Å². The molecule has 9 aromatic rings. The largest absolute Gasteiger partial charge is 0.355 e. The Morgan fingerprint density at radius 3 is 1.12 bits per heavy atom. The van der Waals surface area contributed by atoms with Crippen molar-refractivity contribution in [3.05, 3.63) is 274 Å². The van der Waals surface area contributed by atoms with Gasteiger partial charge >= 0.3 is 0 Å². The van der Waals surface area contributed by atoms with Gasteiger partial charge < -0.3 is 10.6 Å². The predicted octanol–water partition coefficient (Wildman–Crippen LogP) is 21.8. The summed E-state index contributed by atoms with van der Waals surface area (Å²) >= 11 is 0. The molecule has 0 atom stereocenters. The monoisotopic (exact) mass is 2160 g/mol. The van der Waals surface area contributed by atoms with Crippen LogP contribution in [0, 0.1) is 5.92 Å². The van der Waals surface area contributed by atoms with Crippen molar-refractivity contribution in [3.63, 3.8) is 0 Å². The lowest BCUT2D eigenvalue weighted by Crippen LogP contribution is -2.40. The van der Waals surface area contributed by atoms with Gasteiger partial charge in [-0.25, -0.2) is 77.4 Å². The number of nitrogens with zero attached hydrogens (tertiary/aromatic N) is 5. The third-order valence-electron chi connectivity index (χ3n) is 24.9. The van der Waals surface area contributed by atoms with E-state index in [2.05, 4.69) is 147 Å². The average molecular weight is 2160 g/mol. The molecule has 12 rings (SSSR count). The zero-order valence-corrected chi connectivity index (χ0v) is 97.2. The second-order valence-corrected chi connectivity index (χ2v) is 54.0. The highest BCUT2D eigenvalue weighted by atomic mass is 32.2. The van der Waals surface area contributed by atoms with E-state index in [1.165, 1.54) is 51.5 Å². The van der Waals surface area contributed by atoms with E-state index in [1.807, 2.05) is 155 Å². The number of hydrogen-bond acceptors (Lipinski definition) is 18. The van der Waals surface area contributed by atoms with Crippen molar-refractivity contribution in [1.29, 1.82) is 0 Å². The summed E-state index contributed by atoms with van der Waals surface area (Å²) < 4.78 is 186. The van der Waals surface area contributed by atoms with Crippen LogP contribution in [-0.4, -0.2) is 184 Å². The van der Waals surface area contributed by atoms with Crippen molar-refractivity contribution >= 4 is 87.8 Å². The smallest absolute Gasteiger partial charge is 0.251 e. The molecule has 0 unspecified atom stereocenters. The minimum Gasteiger partial charge on any atom is -0.355 e. The summed E-state index contributed by atoms with van der Waals surface area (Å²) in [6.07, 6.45) is 13.9. The highest BCUT2D eigenvalue weighted by Gasteiger charge is 2.34. The molecule has 27 nitrogen and oxygen atoms in total. The maximum atomic E-state index is 12.7. The number of hydrogen-bond donors (Lipinski definition) is 5. The van der Waals surface area contributed by atoms with E-state index < -0.39 is 75.7 Å². The normalized spacial score (nSPS) is 14.0. The van der Waals surface area contributed by atoms with E-state index >= 15 is 0 Å². The molecule has 8 aromatic carbocycles. The van der Waals surface area contributed by atoms with Crippen molar-refractivity contribution in [2.24, 2.45) is 5.92 Å². The van der Waals surface area contributed by atoms with Gasteiger partial charge in [0.15, 0.2) is 0 Å². The fourth-order valence-electron chi connectivity index (χ4n) is 15.2. The summed E-state index contributed by atoms with van der Waals surface area (Å²) in [5.41, 5.74) is 10.3. The fraction of sp³-hybridized carbons (Fsp3) is 0.504. The van der Waals surface area contributed by atoms with E-state index in [0.717, 1.165) is 78.5 Å². The van der Waals surface area contributed by atoms with E-state index in [-0.39, 0.29) is 53.1 Å². The Labute approximate surface area is 884 Å². The summed E-state index contributed by atoms with van der Waals surface area (Å²) in [7, 11) is -18.9. The number of sulfonamides is 7. The Bertz CT molecular complexity index is 6350. The standard InChI is InChI=1S/C16H20N2O2S.2C16H25NO2S.C14H19NO3S.C14H23NO2S.C13H20N2O3S.C13H21NO2S.C11H15NO/c1-13(2)14-6-8-16(9-7-14)21(19,20)18-12-10-15-5-3-4-11-17-15;1-13(2)14-9-11-16(12-10-14)20(18,19)17(3)15-7-5-4-6-8-15;1-4-11-17(12-14-5-6-14)20(18,19)16-9-7-15(8-10-16)13(2)3;1-11(2)12-5-7-14(8-6-12)19(17,18)15-9-3-4-13(16)10-15;1-5-6-11-15(4)18(16,17)14-9-7-13(8-10-14)12(2)3;1-10(2)12-4-6-13(7-5-12)19(17,18)15-9-8-14-11(3)16;1-10(2)11-6-8-12(9-7-11)17(15,16)14-13(3,4)5;1-8(2)9-4-6-10(7-5-9)11(13)12-3/h3-9,11,13,18H,10,12H2,1-2H3;9-13,15H,4-8H2,1-3H3;7-10,13-14H,4-6,11-12H2,1-3H3;5-8,11H,3-4,9-10H2,1-2H3;7-10,12H,5-6,11H2,1-4H3;4-7,10,15H,8-9H2,1-3H3,(H,14,16);6-10,14H,1-5H3;4-8H,1-3H3,(H,12,13). The number of carbonyl (C=O) groups excluding carboxylic acids is 3. The Hall–Kier alpha value is -9.11. The maximum absolute atomic E-state index is 12.7.